The molecule has 0 atom stereocenters. The smallest absolute Gasteiger partial charge is 0.343 e. The van der Waals surface area contributed by atoms with Gasteiger partial charge in [-0.3, -0.25) is 4.89 Å². The van der Waals surface area contributed by atoms with Gasteiger partial charge < -0.3 is 6.92 Å². The Bertz CT molecular complexity index is 274. The molecule has 15 heavy (non-hydrogen) atoms. The van der Waals surface area contributed by atoms with Gasteiger partial charge in [0.25, 0.3) is 0 Å². The minimum absolute atomic E-state index is 0. The SMILES string of the molecule is [CH2-]CCCOOC(=O)c1ccccc1.[Tb]. The van der Waals surface area contributed by atoms with E-state index in [9.17, 15) is 4.79 Å². The van der Waals surface area contributed by atoms with Crippen molar-refractivity contribution in [2.75, 3.05) is 6.61 Å². The largest absolute Gasteiger partial charge is 0.373 e. The summed E-state index contributed by atoms with van der Waals surface area (Å²) in [6, 6.07) is 8.72. The number of unbranched alkanes of at least 4 members (excludes halogenated alkanes) is 1. The number of rotatable bonds is 5. The molecule has 0 saturated carbocycles. The molecule has 1 radical (unpaired) electrons. The van der Waals surface area contributed by atoms with Crippen molar-refractivity contribution in [2.45, 2.75) is 12.8 Å². The van der Waals surface area contributed by atoms with Crippen LogP contribution in [-0.2, 0) is 9.78 Å². The Kier molecular flexibility index (Phi) is 9.14. The standard InChI is InChI=1S/C11H13O3.Tb/c1-2-3-9-13-14-11(12)10-7-5-4-6-8-10;/h4-8H,1-3,9H2;/q-1;. The van der Waals surface area contributed by atoms with Gasteiger partial charge in [-0.1, -0.05) is 24.6 Å². The van der Waals surface area contributed by atoms with E-state index in [1.54, 1.807) is 24.3 Å². The van der Waals surface area contributed by atoms with Crippen molar-refractivity contribution in [3.05, 3.63) is 42.8 Å². The van der Waals surface area contributed by atoms with Crippen LogP contribution in [0.5, 0.6) is 0 Å². The maximum absolute atomic E-state index is 11.2. The molecule has 0 fully saturated rings. The summed E-state index contributed by atoms with van der Waals surface area (Å²) >= 11 is 0. The van der Waals surface area contributed by atoms with Crippen LogP contribution in [0.4, 0.5) is 0 Å². The summed E-state index contributed by atoms with van der Waals surface area (Å²) in [5, 5.41) is 0. The van der Waals surface area contributed by atoms with E-state index in [4.69, 9.17) is 4.89 Å². The summed E-state index contributed by atoms with van der Waals surface area (Å²) in [5.41, 5.74) is 0.488. The predicted octanol–water partition coefficient (Wildman–Crippen LogP) is 2.39. The maximum atomic E-state index is 11.2. The van der Waals surface area contributed by atoms with E-state index in [2.05, 4.69) is 11.8 Å². The van der Waals surface area contributed by atoms with E-state index in [0.717, 1.165) is 12.8 Å². The third-order valence-corrected chi connectivity index (χ3v) is 1.62. The van der Waals surface area contributed by atoms with Crippen LogP contribution in [0.25, 0.3) is 0 Å². The van der Waals surface area contributed by atoms with Gasteiger partial charge in [-0.2, -0.15) is 11.3 Å². The third kappa shape index (κ3) is 6.17. The molecule has 1 aromatic carbocycles. The Morgan fingerprint density at radius 1 is 1.27 bits per heavy atom. The molecule has 0 aliphatic carbocycles. The molecule has 4 heteroatoms. The van der Waals surface area contributed by atoms with Crippen molar-refractivity contribution in [3.63, 3.8) is 0 Å². The van der Waals surface area contributed by atoms with Crippen molar-refractivity contribution >= 4 is 5.97 Å². The van der Waals surface area contributed by atoms with Crippen molar-refractivity contribution in [1.29, 1.82) is 0 Å². The molecule has 0 aliphatic rings. The topological polar surface area (TPSA) is 35.5 Å². The van der Waals surface area contributed by atoms with Gasteiger partial charge in [0.05, 0.1) is 12.2 Å². The second-order valence-electron chi connectivity index (χ2n) is 2.77. The quantitative estimate of drug-likeness (QED) is 0.353. The Morgan fingerprint density at radius 3 is 2.53 bits per heavy atom. The molecule has 0 N–H and O–H groups in total. The van der Waals surface area contributed by atoms with E-state index in [1.807, 2.05) is 6.07 Å². The molecular weight excluding hydrogens is 339 g/mol. The zero-order chi connectivity index (χ0) is 10.2. The van der Waals surface area contributed by atoms with Gasteiger partial charge in [0.2, 0.25) is 0 Å². The van der Waals surface area contributed by atoms with Gasteiger partial charge >= 0.3 is 5.97 Å². The molecule has 0 unspecified atom stereocenters. The van der Waals surface area contributed by atoms with Crippen molar-refractivity contribution in [1.82, 2.24) is 0 Å². The molecule has 0 bridgehead atoms. The zero-order valence-corrected chi connectivity index (χ0v) is 10.4. The number of benzene rings is 1. The van der Waals surface area contributed by atoms with Crippen molar-refractivity contribution < 1.29 is 53.2 Å². The summed E-state index contributed by atoms with van der Waals surface area (Å²) in [6.07, 6.45) is 1.55. The molecule has 85 valence electrons. The first-order valence-corrected chi connectivity index (χ1v) is 4.52. The molecule has 1 rings (SSSR count). The van der Waals surface area contributed by atoms with Crippen LogP contribution in [0.1, 0.15) is 23.2 Å². The molecule has 0 saturated heterocycles. The van der Waals surface area contributed by atoms with E-state index in [0.29, 0.717) is 12.2 Å². The number of hydrogen-bond acceptors (Lipinski definition) is 3. The van der Waals surface area contributed by atoms with Gasteiger partial charge in [-0.15, -0.1) is 0 Å². The first-order chi connectivity index (χ1) is 6.84. The van der Waals surface area contributed by atoms with Crippen LogP contribution in [0.15, 0.2) is 30.3 Å². The maximum Gasteiger partial charge on any atom is 0.373 e. The van der Waals surface area contributed by atoms with E-state index in [-0.39, 0.29) is 38.6 Å². The average molecular weight is 352 g/mol. The Balaban J connectivity index is 0.00000196. The monoisotopic (exact) mass is 352 g/mol. The first-order valence-electron chi connectivity index (χ1n) is 4.52. The Labute approximate surface area is 121 Å². The van der Waals surface area contributed by atoms with Crippen molar-refractivity contribution in [2.24, 2.45) is 0 Å². The van der Waals surface area contributed by atoms with Crippen LogP contribution in [0.3, 0.4) is 0 Å². The molecule has 0 heterocycles. The van der Waals surface area contributed by atoms with Crippen LogP contribution in [-0.4, -0.2) is 12.6 Å². The molecule has 3 nitrogen and oxygen atoms in total. The normalized spacial score (nSPS) is 9.13. The average Bonchev–Trinajstić information content (AvgIpc) is 2.25. The van der Waals surface area contributed by atoms with Gasteiger partial charge in [0.15, 0.2) is 0 Å². The summed E-state index contributed by atoms with van der Waals surface area (Å²) < 4.78 is 0. The molecule has 0 spiro atoms. The number of carbonyl (C=O) groups is 1. The minimum Gasteiger partial charge on any atom is -0.343 e. The summed E-state index contributed by atoms with van der Waals surface area (Å²) in [5.74, 6) is -0.463. The molecule has 0 aromatic heterocycles. The second kappa shape index (κ2) is 9.18. The molecule has 1 aromatic rings. The molecule has 0 aliphatic heterocycles. The summed E-state index contributed by atoms with van der Waals surface area (Å²) in [7, 11) is 0. The van der Waals surface area contributed by atoms with Gasteiger partial charge in [0, 0.05) is 38.6 Å². The molecule has 0 amide bonds. The fraction of sp³-hybridized carbons (Fsp3) is 0.273. The van der Waals surface area contributed by atoms with Crippen LogP contribution in [0, 0.1) is 45.5 Å². The number of hydrogen-bond donors (Lipinski definition) is 0. The minimum atomic E-state index is -0.463. The van der Waals surface area contributed by atoms with Crippen LogP contribution >= 0.6 is 0 Å². The second-order valence-corrected chi connectivity index (χ2v) is 2.77. The van der Waals surface area contributed by atoms with Gasteiger partial charge in [-0.25, -0.2) is 4.79 Å². The first kappa shape index (κ1) is 14.9. The van der Waals surface area contributed by atoms with Crippen LogP contribution < -0.4 is 0 Å². The summed E-state index contributed by atoms with van der Waals surface area (Å²) in [6.45, 7) is 4.03. The number of carbonyl (C=O) groups excluding carboxylic acids is 1. The fourth-order valence-electron chi connectivity index (χ4n) is 0.879. The van der Waals surface area contributed by atoms with E-state index >= 15 is 0 Å². The van der Waals surface area contributed by atoms with E-state index < -0.39 is 5.97 Å². The third-order valence-electron chi connectivity index (χ3n) is 1.62. The van der Waals surface area contributed by atoms with Gasteiger partial charge in [-0.05, 0) is 12.1 Å². The fourth-order valence-corrected chi connectivity index (χ4v) is 0.879. The predicted molar refractivity (Wildman–Crippen MR) is 52.4 cm³/mol. The Morgan fingerprint density at radius 2 is 1.93 bits per heavy atom. The van der Waals surface area contributed by atoms with E-state index in [1.165, 1.54) is 0 Å². The molecular formula is C11H13O3Tb-. The van der Waals surface area contributed by atoms with Crippen LogP contribution in [0.2, 0.25) is 0 Å². The van der Waals surface area contributed by atoms with Crippen molar-refractivity contribution in [3.8, 4) is 0 Å². The summed E-state index contributed by atoms with van der Waals surface area (Å²) in [4.78, 5) is 20.5. The zero-order valence-electron chi connectivity index (χ0n) is 8.27. The Hall–Kier alpha value is -0.0643. The van der Waals surface area contributed by atoms with Gasteiger partial charge in [0.1, 0.15) is 0 Å².